The maximum absolute atomic E-state index is 15.5. The van der Waals surface area contributed by atoms with Crippen molar-refractivity contribution in [3.8, 4) is 11.3 Å². The summed E-state index contributed by atoms with van der Waals surface area (Å²) in [5, 5.41) is 8.98. The van der Waals surface area contributed by atoms with Crippen molar-refractivity contribution in [3.05, 3.63) is 152 Å². The third kappa shape index (κ3) is 4.02. The van der Waals surface area contributed by atoms with Crippen molar-refractivity contribution in [1.29, 1.82) is 0 Å². The number of hydrogen-bond acceptors (Lipinski definition) is 3. The lowest BCUT2D eigenvalue weighted by Crippen LogP contribution is -2.25. The van der Waals surface area contributed by atoms with Crippen LogP contribution in [0.15, 0.2) is 152 Å². The fraction of sp³-hybridized carbons (Fsp3) is 0. The van der Waals surface area contributed by atoms with Gasteiger partial charge in [-0.15, -0.1) is 0 Å². The summed E-state index contributed by atoms with van der Waals surface area (Å²) in [4.78, 5) is 9.62. The van der Waals surface area contributed by atoms with Crippen LogP contribution in [-0.2, 0) is 4.57 Å². The highest BCUT2D eigenvalue weighted by Crippen LogP contribution is 2.44. The third-order valence-corrected chi connectivity index (χ3v) is 11.2. The first-order valence-corrected chi connectivity index (χ1v) is 15.7. The molecule has 0 unspecified atom stereocenters. The molecule has 3 nitrogen and oxygen atoms in total. The van der Waals surface area contributed by atoms with Crippen molar-refractivity contribution < 1.29 is 4.57 Å². The average Bonchev–Trinajstić information content (AvgIpc) is 3.07. The van der Waals surface area contributed by atoms with Gasteiger partial charge in [-0.05, 0) is 45.8 Å². The summed E-state index contributed by atoms with van der Waals surface area (Å²) in [7, 11) is -3.20. The molecule has 0 aliphatic heterocycles. The Kier molecular flexibility index (Phi) is 5.73. The van der Waals surface area contributed by atoms with E-state index in [4.69, 9.17) is 4.98 Å². The lowest BCUT2D eigenvalue weighted by Gasteiger charge is -2.21. The van der Waals surface area contributed by atoms with Gasteiger partial charge in [0, 0.05) is 38.4 Å². The zero-order valence-electron chi connectivity index (χ0n) is 22.7. The summed E-state index contributed by atoms with van der Waals surface area (Å²) in [5.74, 6) is 0. The number of rotatable bonds is 4. The first kappa shape index (κ1) is 24.7. The predicted octanol–water partition coefficient (Wildman–Crippen LogP) is 8.40. The number of benzene rings is 6. The summed E-state index contributed by atoms with van der Waals surface area (Å²) in [6.07, 6.45) is 1.81. The van der Waals surface area contributed by atoms with Gasteiger partial charge < -0.3 is 4.57 Å². The maximum atomic E-state index is 15.5. The minimum absolute atomic E-state index is 0.796. The Hall–Kier alpha value is -5.11. The van der Waals surface area contributed by atoms with Gasteiger partial charge in [-0.1, -0.05) is 121 Å². The van der Waals surface area contributed by atoms with E-state index in [-0.39, 0.29) is 0 Å². The first-order chi connectivity index (χ1) is 20.7. The highest BCUT2D eigenvalue weighted by Gasteiger charge is 2.30. The fourth-order valence-corrected chi connectivity index (χ4v) is 8.59. The number of fused-ring (bicyclic) bond motifs is 5. The molecule has 0 N–H and O–H groups in total. The van der Waals surface area contributed by atoms with E-state index in [0.717, 1.165) is 70.5 Å². The molecule has 0 spiro atoms. The Morgan fingerprint density at radius 3 is 1.57 bits per heavy atom. The van der Waals surface area contributed by atoms with Crippen molar-refractivity contribution in [2.45, 2.75) is 0 Å². The van der Waals surface area contributed by atoms with Gasteiger partial charge in [0.15, 0.2) is 7.14 Å². The van der Waals surface area contributed by atoms with Crippen LogP contribution in [0.2, 0.25) is 0 Å². The molecular weight excluding hydrogens is 531 g/mol. The van der Waals surface area contributed by atoms with Crippen LogP contribution < -0.4 is 15.9 Å². The van der Waals surface area contributed by atoms with Gasteiger partial charge in [-0.3, -0.25) is 4.98 Å². The molecule has 0 aliphatic carbocycles. The molecule has 0 radical (unpaired) electrons. The van der Waals surface area contributed by atoms with Crippen LogP contribution in [0.4, 0.5) is 0 Å². The Labute approximate surface area is 243 Å². The minimum Gasteiger partial charge on any atom is -0.309 e. The molecule has 0 fully saturated rings. The Morgan fingerprint density at radius 2 is 0.929 bits per heavy atom. The molecule has 0 saturated heterocycles. The second kappa shape index (κ2) is 9.76. The SMILES string of the molecule is O=P(c1ccc(-c2ccc3ccc4cccnc4c3n2)cc1)(c1ccc2ccccc2c1)c1ccc2ccccc2c1. The molecule has 8 aromatic rings. The zero-order valence-corrected chi connectivity index (χ0v) is 23.6. The summed E-state index contributed by atoms with van der Waals surface area (Å²) in [6, 6.07) is 49.2. The van der Waals surface area contributed by atoms with Crippen molar-refractivity contribution >= 4 is 66.4 Å². The molecule has 6 aromatic carbocycles. The lowest BCUT2D eigenvalue weighted by molar-refractivity contribution is 0.592. The predicted molar refractivity (Wildman–Crippen MR) is 177 cm³/mol. The number of hydrogen-bond donors (Lipinski definition) is 0. The van der Waals surface area contributed by atoms with Crippen LogP contribution in [-0.4, -0.2) is 9.97 Å². The van der Waals surface area contributed by atoms with E-state index in [9.17, 15) is 0 Å². The second-order valence-electron chi connectivity index (χ2n) is 10.6. The van der Waals surface area contributed by atoms with Crippen LogP contribution in [0.1, 0.15) is 0 Å². The van der Waals surface area contributed by atoms with Crippen molar-refractivity contribution in [2.75, 3.05) is 0 Å². The molecule has 0 amide bonds. The van der Waals surface area contributed by atoms with Gasteiger partial charge in [0.1, 0.15) is 0 Å². The van der Waals surface area contributed by atoms with Gasteiger partial charge in [0.25, 0.3) is 0 Å². The van der Waals surface area contributed by atoms with E-state index in [2.05, 4.69) is 77.8 Å². The van der Waals surface area contributed by atoms with Gasteiger partial charge in [0.2, 0.25) is 0 Å². The van der Waals surface area contributed by atoms with E-state index >= 15 is 4.57 Å². The normalized spacial score (nSPS) is 11.9. The second-order valence-corrected chi connectivity index (χ2v) is 13.4. The Bertz CT molecular complexity index is 2260. The smallest absolute Gasteiger partial charge is 0.171 e. The van der Waals surface area contributed by atoms with Crippen LogP contribution in [0, 0.1) is 0 Å². The molecule has 8 rings (SSSR count). The molecule has 0 atom stereocenters. The lowest BCUT2D eigenvalue weighted by atomic mass is 10.1. The molecule has 42 heavy (non-hydrogen) atoms. The highest BCUT2D eigenvalue weighted by atomic mass is 31.2. The molecule has 2 heterocycles. The fourth-order valence-electron chi connectivity index (χ4n) is 5.92. The highest BCUT2D eigenvalue weighted by molar-refractivity contribution is 7.85. The van der Waals surface area contributed by atoms with Crippen LogP contribution in [0.5, 0.6) is 0 Å². The average molecular weight is 557 g/mol. The molecule has 4 heteroatoms. The van der Waals surface area contributed by atoms with E-state index in [0.29, 0.717) is 0 Å². The maximum Gasteiger partial charge on any atom is 0.171 e. The van der Waals surface area contributed by atoms with E-state index in [1.165, 1.54) is 0 Å². The summed E-state index contributed by atoms with van der Waals surface area (Å²) >= 11 is 0. The van der Waals surface area contributed by atoms with E-state index < -0.39 is 7.14 Å². The standard InChI is InChI=1S/C38H25N2OP/c41-42(34-20-13-26-6-1-3-8-31(26)24-34,35-21-14-27-7-2-4-9-32(27)25-35)33-18-15-28(16-19-33)36-22-17-30-12-11-29-10-5-23-39-37(29)38(30)40-36/h1-25H. The Morgan fingerprint density at radius 1 is 0.429 bits per heavy atom. The topological polar surface area (TPSA) is 42.9 Å². The van der Waals surface area contributed by atoms with Crippen molar-refractivity contribution in [1.82, 2.24) is 9.97 Å². The first-order valence-electron chi connectivity index (χ1n) is 14.0. The Balaban J connectivity index is 1.28. The van der Waals surface area contributed by atoms with E-state index in [1.807, 2.05) is 79.0 Å². The summed E-state index contributed by atoms with van der Waals surface area (Å²) < 4.78 is 15.5. The van der Waals surface area contributed by atoms with Crippen LogP contribution in [0.25, 0.3) is 54.6 Å². The van der Waals surface area contributed by atoms with Crippen LogP contribution >= 0.6 is 7.14 Å². The molecule has 2 aromatic heterocycles. The molecule has 0 aliphatic rings. The van der Waals surface area contributed by atoms with E-state index in [1.54, 1.807) is 0 Å². The van der Waals surface area contributed by atoms with Crippen LogP contribution in [0.3, 0.4) is 0 Å². The molecular formula is C38H25N2OP. The summed E-state index contributed by atoms with van der Waals surface area (Å²) in [5.41, 5.74) is 3.61. The van der Waals surface area contributed by atoms with Gasteiger partial charge in [-0.2, -0.15) is 0 Å². The van der Waals surface area contributed by atoms with Gasteiger partial charge in [0.05, 0.1) is 16.7 Å². The largest absolute Gasteiger partial charge is 0.309 e. The number of nitrogens with zero attached hydrogens (tertiary/aromatic N) is 2. The van der Waals surface area contributed by atoms with Crippen molar-refractivity contribution in [3.63, 3.8) is 0 Å². The summed E-state index contributed by atoms with van der Waals surface area (Å²) in [6.45, 7) is 0. The number of pyridine rings is 2. The molecule has 0 saturated carbocycles. The third-order valence-electron chi connectivity index (χ3n) is 8.15. The van der Waals surface area contributed by atoms with Gasteiger partial charge in [-0.25, -0.2) is 4.98 Å². The van der Waals surface area contributed by atoms with Crippen molar-refractivity contribution in [2.24, 2.45) is 0 Å². The monoisotopic (exact) mass is 556 g/mol. The quantitative estimate of drug-likeness (QED) is 0.162. The number of aromatic nitrogens is 2. The minimum atomic E-state index is -3.20. The molecule has 198 valence electrons. The van der Waals surface area contributed by atoms with Gasteiger partial charge >= 0.3 is 0 Å². The molecule has 0 bridgehead atoms. The zero-order chi connectivity index (χ0) is 28.1.